The molecule has 0 radical (unpaired) electrons. The molecule has 372 valence electrons. The van der Waals surface area contributed by atoms with Crippen molar-refractivity contribution >= 4 is 61.2 Å². The highest BCUT2D eigenvalue weighted by Gasteiger charge is 2.61. The van der Waals surface area contributed by atoms with E-state index in [0.29, 0.717) is 71.6 Å². The Balaban J connectivity index is 1.01. The topological polar surface area (TPSA) is 221 Å². The van der Waals surface area contributed by atoms with Crippen LogP contribution >= 0.6 is 11.3 Å². The third-order valence-electron chi connectivity index (χ3n) is 14.1. The molecule has 17 nitrogen and oxygen atoms in total. The number of aromatic nitrogens is 2. The lowest BCUT2D eigenvalue weighted by molar-refractivity contribution is -0.145. The molecule has 5 N–H and O–H groups in total. The number of carbonyl (C=O) groups excluding carboxylic acids is 3. The Morgan fingerprint density at radius 1 is 1.00 bits per heavy atom. The molecule has 2 saturated carbocycles. The molecule has 4 aromatic rings. The lowest BCUT2D eigenvalue weighted by atomic mass is 9.93. The molecule has 4 amide bonds. The lowest BCUT2D eigenvalue weighted by Gasteiger charge is -2.31. The number of aliphatic carboxylic acids is 1. The maximum Gasteiger partial charge on any atom is 0.330 e. The molecule has 1 saturated heterocycles. The van der Waals surface area contributed by atoms with Crippen LogP contribution in [-0.2, 0) is 30.8 Å². The summed E-state index contributed by atoms with van der Waals surface area (Å²) in [5.41, 5.74) is 2.48. The number of sulfonamides is 1. The predicted octanol–water partition coefficient (Wildman–Crippen LogP) is 7.15. The van der Waals surface area contributed by atoms with Gasteiger partial charge in [-0.2, -0.15) is 4.31 Å². The van der Waals surface area contributed by atoms with Crippen LogP contribution in [0.5, 0.6) is 11.5 Å². The van der Waals surface area contributed by atoms with E-state index in [0.717, 1.165) is 48.4 Å². The van der Waals surface area contributed by atoms with Crippen molar-refractivity contribution < 1.29 is 42.2 Å². The summed E-state index contributed by atoms with van der Waals surface area (Å²) in [6, 6.07) is 11.5. The van der Waals surface area contributed by atoms with Crippen molar-refractivity contribution in [2.24, 2.45) is 5.92 Å². The van der Waals surface area contributed by atoms with E-state index in [1.54, 1.807) is 37.4 Å². The fraction of sp³-hybridized carbons (Fsp3) is 0.490. The first-order valence-corrected chi connectivity index (χ1v) is 26.8. The first-order chi connectivity index (χ1) is 33.7. The Hall–Kier alpha value is -6.05. The first-order valence-electron chi connectivity index (χ1n) is 24.5. The quantitative estimate of drug-likeness (QED) is 0.0947. The van der Waals surface area contributed by atoms with E-state index in [2.05, 4.69) is 21.3 Å². The fourth-order valence-electron chi connectivity index (χ4n) is 10.2. The summed E-state index contributed by atoms with van der Waals surface area (Å²) in [5.74, 6) is -1.65. The van der Waals surface area contributed by atoms with Gasteiger partial charge in [-0.15, -0.1) is 11.3 Å². The summed E-state index contributed by atoms with van der Waals surface area (Å²) < 4.78 is 41.6. The second kappa shape index (κ2) is 20.7. The number of thiazole rings is 1. The number of allylic oxidation sites excluding steroid dienone is 2. The van der Waals surface area contributed by atoms with Crippen molar-refractivity contribution in [2.45, 2.75) is 132 Å². The van der Waals surface area contributed by atoms with Gasteiger partial charge in [0, 0.05) is 53.5 Å². The first kappa shape index (κ1) is 49.0. The molecule has 19 heteroatoms. The van der Waals surface area contributed by atoms with Crippen molar-refractivity contribution in [2.75, 3.05) is 32.1 Å². The van der Waals surface area contributed by atoms with Crippen molar-refractivity contribution in [3.8, 4) is 22.9 Å². The van der Waals surface area contributed by atoms with Crippen LogP contribution in [0.15, 0.2) is 82.2 Å². The van der Waals surface area contributed by atoms with Crippen LogP contribution in [0.2, 0.25) is 0 Å². The fourth-order valence-corrected chi connectivity index (χ4v) is 12.7. The van der Waals surface area contributed by atoms with Gasteiger partial charge in [-0.1, -0.05) is 49.6 Å². The number of anilines is 1. The van der Waals surface area contributed by atoms with Gasteiger partial charge in [0.2, 0.25) is 21.8 Å². The molecular weight excluding hydrogens is 933 g/mol. The number of hydrogen-bond acceptors (Lipinski definition) is 12. The average Bonchev–Trinajstić information content (AvgIpc) is 3.60. The van der Waals surface area contributed by atoms with Crippen molar-refractivity contribution in [3.05, 3.63) is 82.9 Å². The Morgan fingerprint density at radius 2 is 1.80 bits per heavy atom. The highest BCUT2D eigenvalue weighted by Crippen LogP contribution is 2.46. The Labute approximate surface area is 412 Å². The van der Waals surface area contributed by atoms with Crippen molar-refractivity contribution in [3.63, 3.8) is 0 Å². The van der Waals surface area contributed by atoms with Gasteiger partial charge < -0.3 is 40.7 Å². The molecule has 5 aliphatic rings. The van der Waals surface area contributed by atoms with Gasteiger partial charge in [0.15, 0.2) is 5.13 Å². The Kier molecular flexibility index (Phi) is 14.5. The summed E-state index contributed by atoms with van der Waals surface area (Å²) >= 11 is 1.45. The molecule has 3 fully saturated rings. The van der Waals surface area contributed by atoms with E-state index in [1.165, 1.54) is 20.5 Å². The predicted molar refractivity (Wildman–Crippen MR) is 266 cm³/mol. The van der Waals surface area contributed by atoms with Gasteiger partial charge in [0.05, 0.1) is 36.3 Å². The number of carboxylic acids is 1. The summed E-state index contributed by atoms with van der Waals surface area (Å²) in [7, 11) is -2.27. The zero-order valence-electron chi connectivity index (χ0n) is 39.9. The van der Waals surface area contributed by atoms with E-state index >= 15 is 4.79 Å². The zero-order chi connectivity index (χ0) is 49.2. The summed E-state index contributed by atoms with van der Waals surface area (Å²) in [4.78, 5) is 68.2. The molecule has 1 unspecified atom stereocenters. The molecule has 5 atom stereocenters. The molecule has 2 aromatic heterocycles. The highest BCUT2D eigenvalue weighted by atomic mass is 32.2. The zero-order valence-corrected chi connectivity index (χ0v) is 41.5. The number of amides is 4. The normalized spacial score (nSPS) is 24.9. The number of benzene rings is 2. The Bertz CT molecular complexity index is 2820. The maximum atomic E-state index is 15.1. The number of methoxy groups -OCH3 is 1. The summed E-state index contributed by atoms with van der Waals surface area (Å²) in [5, 5.41) is 25.9. The minimum absolute atomic E-state index is 0.0259. The van der Waals surface area contributed by atoms with Crippen LogP contribution in [0.4, 0.5) is 9.93 Å². The largest absolute Gasteiger partial charge is 0.497 e. The molecule has 2 aromatic carbocycles. The van der Waals surface area contributed by atoms with E-state index in [1.807, 2.05) is 49.6 Å². The molecule has 0 spiro atoms. The minimum Gasteiger partial charge on any atom is -0.497 e. The molecule has 5 heterocycles. The van der Waals surface area contributed by atoms with Crippen LogP contribution in [-0.4, -0.2) is 113 Å². The third-order valence-corrected chi connectivity index (χ3v) is 16.8. The maximum absolute atomic E-state index is 15.1. The number of carbonyl (C=O) groups is 4. The van der Waals surface area contributed by atoms with Crippen LogP contribution in [0.25, 0.3) is 22.3 Å². The Morgan fingerprint density at radius 3 is 2.59 bits per heavy atom. The van der Waals surface area contributed by atoms with Crippen molar-refractivity contribution in [1.29, 1.82) is 0 Å². The highest BCUT2D eigenvalue weighted by molar-refractivity contribution is 7.89. The van der Waals surface area contributed by atoms with Gasteiger partial charge in [-0.25, -0.2) is 28.0 Å². The number of pyridine rings is 1. The lowest BCUT2D eigenvalue weighted by Crippen LogP contribution is -2.57. The molecular formula is C51H62N8O9S2. The number of carboxylic acid groups (broad SMARTS) is 1. The van der Waals surface area contributed by atoms with Gasteiger partial charge in [-0.3, -0.25) is 9.59 Å². The number of hydrogen-bond donors (Lipinski definition) is 5. The molecule has 9 rings (SSSR count). The van der Waals surface area contributed by atoms with Gasteiger partial charge in [0.1, 0.15) is 40.9 Å². The van der Waals surface area contributed by atoms with Crippen molar-refractivity contribution in [1.82, 2.24) is 35.1 Å². The van der Waals surface area contributed by atoms with Gasteiger partial charge in [-0.05, 0) is 101 Å². The van der Waals surface area contributed by atoms with E-state index in [9.17, 15) is 27.9 Å². The van der Waals surface area contributed by atoms with E-state index in [4.69, 9.17) is 19.4 Å². The van der Waals surface area contributed by atoms with Gasteiger partial charge in [0.25, 0.3) is 0 Å². The molecule has 70 heavy (non-hydrogen) atoms. The minimum atomic E-state index is -3.85. The van der Waals surface area contributed by atoms with Crippen LogP contribution < -0.4 is 30.7 Å². The standard InChI is InChI=1S/C51H62N8O9S2/c1-31(2)52-50-56-42(30-69-50)40-26-44(37-21-20-35(67-3)24-39(37)53-40)68-36-25-43-46(60)57-51(48(62)63)27-34(51)17-10-5-4-6-11-18-38(47(61)59(43)28-36)54-49(64)55-41(32-14-8-7-9-15-32)29-58-23-22-33-16-12-13-19-45(33)70(58,65)66/h10,12-13,16-17,19-21,24,26,30-31,34,36,38,43H,4-9,11,14-15,18,22-23,25,27-29H2,1-3H3,(H,52,56)(H,57,60)(H,62,63)(H2,54,55,64)/t34?,36-,38+,43+,51-/m1/s1. The molecule has 2 aliphatic carbocycles. The number of nitrogens with zero attached hydrogens (tertiary/aromatic N) is 4. The van der Waals surface area contributed by atoms with Gasteiger partial charge >= 0.3 is 12.0 Å². The van der Waals surface area contributed by atoms with Crippen LogP contribution in [0, 0.1) is 5.92 Å². The average molecular weight is 995 g/mol. The van der Waals surface area contributed by atoms with E-state index < -0.39 is 63.5 Å². The van der Waals surface area contributed by atoms with Crippen LogP contribution in [0.1, 0.15) is 96.5 Å². The third kappa shape index (κ3) is 10.5. The summed E-state index contributed by atoms with van der Waals surface area (Å²) in [6.07, 6.45) is 11.2. The SMILES string of the molecule is COc1ccc2c(O[C@@H]3C[C@H]4C(=O)N[C@]5(C(=O)O)CC5C=CCCCCC[C@H](NC(=O)NC(CN5CCc6ccccc6S5(=O)=O)=C5CCCCC5)C(=O)N4C3)cc(-c3csc(NC(C)C)n3)nc2c1. The summed E-state index contributed by atoms with van der Waals surface area (Å²) in [6.45, 7) is 4.25. The molecule has 3 aliphatic heterocycles. The smallest absolute Gasteiger partial charge is 0.330 e. The number of ether oxygens (including phenoxy) is 2. The monoisotopic (exact) mass is 994 g/mol. The number of fused-ring (bicyclic) bond motifs is 4. The van der Waals surface area contributed by atoms with Crippen LogP contribution in [0.3, 0.4) is 0 Å². The second-order valence-corrected chi connectivity index (χ2v) is 22.1. The second-order valence-electron chi connectivity index (χ2n) is 19.3. The van der Waals surface area contributed by atoms with E-state index in [-0.39, 0.29) is 49.8 Å². The number of nitrogens with one attached hydrogen (secondary N) is 4. The number of urea groups is 1. The molecule has 0 bridgehead atoms. The number of rotatable bonds is 11.